The highest BCUT2D eigenvalue weighted by Gasteiger charge is 2.14. The van der Waals surface area contributed by atoms with Gasteiger partial charge in [-0.1, -0.05) is 0 Å². The molecule has 0 saturated heterocycles. The highest BCUT2D eigenvalue weighted by atomic mass is 16.3. The molecular weight excluding hydrogens is 106 g/mol. The van der Waals surface area contributed by atoms with E-state index in [1.807, 2.05) is 0 Å². The van der Waals surface area contributed by atoms with Gasteiger partial charge in [-0.3, -0.25) is 0 Å². The Balaban J connectivity index is 3.37. The second-order valence-corrected chi connectivity index (χ2v) is 2.29. The summed E-state index contributed by atoms with van der Waals surface area (Å²) in [6.45, 7) is 1.66. The van der Waals surface area contributed by atoms with Crippen LogP contribution in [0.1, 0.15) is 13.3 Å². The molecule has 4 N–H and O–H groups in total. The number of rotatable bonds is 3. The van der Waals surface area contributed by atoms with E-state index in [4.69, 9.17) is 15.9 Å². The molecule has 0 aliphatic heterocycles. The Hall–Kier alpha value is -0.120. The number of nitrogens with two attached hydrogens (primary N) is 1. The zero-order valence-corrected chi connectivity index (χ0v) is 5.09. The monoisotopic (exact) mass is 119 g/mol. The fraction of sp³-hybridized carbons (Fsp3) is 1.00. The summed E-state index contributed by atoms with van der Waals surface area (Å²) in [5, 5.41) is 16.8. The first-order chi connectivity index (χ1) is 3.62. The van der Waals surface area contributed by atoms with Crippen molar-refractivity contribution >= 4 is 0 Å². The lowest BCUT2D eigenvalue weighted by Gasteiger charge is -2.19. The number of hydrogen-bond acceptors (Lipinski definition) is 3. The van der Waals surface area contributed by atoms with Crippen LogP contribution in [-0.4, -0.2) is 29.0 Å². The predicted octanol–water partition coefficient (Wildman–Crippen LogP) is -0.922. The van der Waals surface area contributed by atoms with Crippen molar-refractivity contribution in [1.82, 2.24) is 0 Å². The first-order valence-electron chi connectivity index (χ1n) is 2.63. The Morgan fingerprint density at radius 3 is 2.12 bits per heavy atom. The molecule has 0 bridgehead atoms. The molecule has 0 rings (SSSR count). The van der Waals surface area contributed by atoms with Crippen molar-refractivity contribution in [2.45, 2.75) is 18.9 Å². The molecule has 0 aromatic heterocycles. The Kier molecular flexibility index (Phi) is 2.97. The lowest BCUT2D eigenvalue weighted by molar-refractivity contribution is 0.168. The van der Waals surface area contributed by atoms with Gasteiger partial charge in [-0.2, -0.15) is 0 Å². The van der Waals surface area contributed by atoms with Crippen LogP contribution in [-0.2, 0) is 0 Å². The zero-order valence-electron chi connectivity index (χ0n) is 5.09. The number of hydrogen-bond donors (Lipinski definition) is 3. The highest BCUT2D eigenvalue weighted by molar-refractivity contribution is 4.75. The van der Waals surface area contributed by atoms with Gasteiger partial charge < -0.3 is 15.9 Å². The molecular formula is C5H13NO2. The maximum atomic E-state index is 8.49. The van der Waals surface area contributed by atoms with Gasteiger partial charge in [0.2, 0.25) is 0 Å². The van der Waals surface area contributed by atoms with E-state index in [1.165, 1.54) is 0 Å². The van der Waals surface area contributed by atoms with Crippen molar-refractivity contribution in [3.05, 3.63) is 0 Å². The van der Waals surface area contributed by atoms with Crippen LogP contribution in [0, 0.1) is 0 Å². The quantitative estimate of drug-likeness (QED) is 0.450. The van der Waals surface area contributed by atoms with E-state index in [0.29, 0.717) is 6.42 Å². The van der Waals surface area contributed by atoms with Gasteiger partial charge in [-0.05, 0) is 13.3 Å². The molecule has 0 heterocycles. The molecule has 50 valence electrons. The van der Waals surface area contributed by atoms with Crippen molar-refractivity contribution in [3.8, 4) is 0 Å². The molecule has 3 heteroatoms. The molecule has 3 nitrogen and oxygen atoms in total. The minimum absolute atomic E-state index is 0.0353. The zero-order chi connectivity index (χ0) is 6.62. The molecule has 0 aliphatic rings. The van der Waals surface area contributed by atoms with Crippen molar-refractivity contribution < 1.29 is 10.2 Å². The second-order valence-electron chi connectivity index (χ2n) is 2.29. The third-order valence-corrected chi connectivity index (χ3v) is 1.04. The Morgan fingerprint density at radius 1 is 1.50 bits per heavy atom. The van der Waals surface area contributed by atoms with E-state index in [9.17, 15) is 0 Å². The third-order valence-electron chi connectivity index (χ3n) is 1.04. The molecule has 0 aromatic rings. The molecule has 0 unspecified atom stereocenters. The fourth-order valence-corrected chi connectivity index (χ4v) is 0.334. The van der Waals surface area contributed by atoms with E-state index in [1.54, 1.807) is 6.92 Å². The summed E-state index contributed by atoms with van der Waals surface area (Å²) in [6, 6.07) is 0. The van der Waals surface area contributed by atoms with Gasteiger partial charge in [0.05, 0.1) is 6.61 Å². The molecule has 0 spiro atoms. The fourth-order valence-electron chi connectivity index (χ4n) is 0.334. The first-order valence-corrected chi connectivity index (χ1v) is 2.63. The van der Waals surface area contributed by atoms with Gasteiger partial charge in [0.15, 0.2) is 0 Å². The van der Waals surface area contributed by atoms with Gasteiger partial charge in [-0.25, -0.2) is 0 Å². The van der Waals surface area contributed by atoms with E-state index in [2.05, 4.69) is 0 Å². The van der Waals surface area contributed by atoms with Gasteiger partial charge in [-0.15, -0.1) is 0 Å². The van der Waals surface area contributed by atoms with Gasteiger partial charge in [0.25, 0.3) is 0 Å². The van der Waals surface area contributed by atoms with Crippen LogP contribution in [0.5, 0.6) is 0 Å². The second kappa shape index (κ2) is 3.02. The lowest BCUT2D eigenvalue weighted by atomic mass is 10.0. The van der Waals surface area contributed by atoms with E-state index in [0.717, 1.165) is 0 Å². The van der Waals surface area contributed by atoms with E-state index in [-0.39, 0.29) is 13.2 Å². The van der Waals surface area contributed by atoms with Crippen molar-refractivity contribution in [1.29, 1.82) is 0 Å². The maximum Gasteiger partial charge on any atom is 0.0609 e. The summed E-state index contributed by atoms with van der Waals surface area (Å²) in [6.07, 6.45) is 0.448. The lowest BCUT2D eigenvalue weighted by Crippen LogP contribution is -2.40. The van der Waals surface area contributed by atoms with Crippen LogP contribution in [0.25, 0.3) is 0 Å². The maximum absolute atomic E-state index is 8.49. The van der Waals surface area contributed by atoms with Crippen LogP contribution in [0.4, 0.5) is 0 Å². The van der Waals surface area contributed by atoms with Gasteiger partial charge in [0.1, 0.15) is 0 Å². The number of aliphatic hydroxyl groups is 2. The summed E-state index contributed by atoms with van der Waals surface area (Å²) >= 11 is 0. The van der Waals surface area contributed by atoms with Crippen LogP contribution < -0.4 is 5.73 Å². The van der Waals surface area contributed by atoms with Crippen molar-refractivity contribution in [3.63, 3.8) is 0 Å². The molecule has 0 amide bonds. The Labute approximate surface area is 49.1 Å². The summed E-state index contributed by atoms with van der Waals surface area (Å²) in [5.41, 5.74) is 4.81. The summed E-state index contributed by atoms with van der Waals surface area (Å²) < 4.78 is 0. The topological polar surface area (TPSA) is 66.5 Å². The van der Waals surface area contributed by atoms with Crippen LogP contribution >= 0.6 is 0 Å². The summed E-state index contributed by atoms with van der Waals surface area (Å²) in [4.78, 5) is 0. The molecule has 0 aromatic carbocycles. The molecule has 0 fully saturated rings. The largest absolute Gasteiger partial charge is 0.396 e. The predicted molar refractivity (Wildman–Crippen MR) is 31.4 cm³/mol. The minimum atomic E-state index is -0.602. The van der Waals surface area contributed by atoms with Crippen LogP contribution in [0.3, 0.4) is 0 Å². The van der Waals surface area contributed by atoms with Gasteiger partial charge >= 0.3 is 0 Å². The standard InChI is InChI=1S/C5H13NO2/c1-5(6,4-8)2-3-7/h7-8H,2-4,6H2,1H3/t5-/m0/s1. The molecule has 1 atom stereocenters. The van der Waals surface area contributed by atoms with Crippen molar-refractivity contribution in [2.75, 3.05) is 13.2 Å². The Morgan fingerprint density at radius 2 is 2.00 bits per heavy atom. The van der Waals surface area contributed by atoms with Gasteiger partial charge in [0, 0.05) is 12.1 Å². The molecule has 0 saturated carbocycles. The third kappa shape index (κ3) is 2.96. The smallest absolute Gasteiger partial charge is 0.0609 e. The average Bonchev–Trinajstić information content (AvgIpc) is 1.67. The molecule has 8 heavy (non-hydrogen) atoms. The first kappa shape index (κ1) is 7.88. The highest BCUT2D eigenvalue weighted by Crippen LogP contribution is 2.01. The van der Waals surface area contributed by atoms with E-state index >= 15 is 0 Å². The van der Waals surface area contributed by atoms with Crippen LogP contribution in [0.2, 0.25) is 0 Å². The SMILES string of the molecule is C[C@@](N)(CO)CCO. The molecule has 0 aliphatic carbocycles. The minimum Gasteiger partial charge on any atom is -0.396 e. The average molecular weight is 119 g/mol. The van der Waals surface area contributed by atoms with E-state index < -0.39 is 5.54 Å². The van der Waals surface area contributed by atoms with Crippen LogP contribution in [0.15, 0.2) is 0 Å². The summed E-state index contributed by atoms with van der Waals surface area (Å²) in [5.74, 6) is 0. The molecule has 0 radical (unpaired) electrons. The number of aliphatic hydroxyl groups excluding tert-OH is 2. The Bertz CT molecular complexity index is 63.4. The normalized spacial score (nSPS) is 18.0. The van der Waals surface area contributed by atoms with Crippen molar-refractivity contribution in [2.24, 2.45) is 5.73 Å². The summed E-state index contributed by atoms with van der Waals surface area (Å²) in [7, 11) is 0.